The van der Waals surface area contributed by atoms with Crippen molar-refractivity contribution < 1.29 is 9.21 Å². The number of nitrogens with one attached hydrogen (secondary N) is 1. The standard InChI is InChI=1S/C23H26N6O2/c1-2-3-4-5-8-13-25-23(30)19-20-22(28-18-12-7-6-11-17(18)27-20)29(21(19)24)26-15-16-10-9-14-31-16/h6-7,9-12,14-15H,2-5,8,13,24H2,1H3,(H,25,30). The number of nitrogens with zero attached hydrogens (tertiary/aromatic N) is 4. The maximum Gasteiger partial charge on any atom is 0.257 e. The number of aromatic nitrogens is 3. The van der Waals surface area contributed by atoms with Gasteiger partial charge in [0.25, 0.3) is 5.91 Å². The fourth-order valence-electron chi connectivity index (χ4n) is 3.49. The largest absolute Gasteiger partial charge is 0.463 e. The Balaban J connectivity index is 1.69. The highest BCUT2D eigenvalue weighted by atomic mass is 16.3. The third-order valence-corrected chi connectivity index (χ3v) is 5.11. The van der Waals surface area contributed by atoms with Gasteiger partial charge in [0.15, 0.2) is 5.65 Å². The molecule has 3 N–H and O–H groups in total. The van der Waals surface area contributed by atoms with Gasteiger partial charge in [0.1, 0.15) is 22.7 Å². The molecule has 0 saturated carbocycles. The highest BCUT2D eigenvalue weighted by Gasteiger charge is 2.23. The van der Waals surface area contributed by atoms with Crippen molar-refractivity contribution in [1.29, 1.82) is 0 Å². The van der Waals surface area contributed by atoms with Crippen LogP contribution in [0.2, 0.25) is 0 Å². The van der Waals surface area contributed by atoms with Crippen LogP contribution in [0.15, 0.2) is 52.2 Å². The Hall–Kier alpha value is -3.68. The molecular formula is C23H26N6O2. The molecule has 4 aromatic rings. The third-order valence-electron chi connectivity index (χ3n) is 5.11. The summed E-state index contributed by atoms with van der Waals surface area (Å²) < 4.78 is 6.74. The van der Waals surface area contributed by atoms with Crippen LogP contribution >= 0.6 is 0 Å². The molecule has 0 atom stereocenters. The van der Waals surface area contributed by atoms with Crippen molar-refractivity contribution in [2.75, 3.05) is 12.3 Å². The summed E-state index contributed by atoms with van der Waals surface area (Å²) in [6.45, 7) is 2.77. The maximum absolute atomic E-state index is 13.0. The zero-order chi connectivity index (χ0) is 21.6. The second-order valence-electron chi connectivity index (χ2n) is 7.39. The number of carbonyl (C=O) groups excluding carboxylic acids is 1. The Bertz CT molecular complexity index is 1210. The van der Waals surface area contributed by atoms with Crippen molar-refractivity contribution >= 4 is 40.1 Å². The molecule has 1 amide bonds. The van der Waals surface area contributed by atoms with Crippen molar-refractivity contribution in [2.24, 2.45) is 5.10 Å². The summed E-state index contributed by atoms with van der Waals surface area (Å²) in [7, 11) is 0. The molecular weight excluding hydrogens is 392 g/mol. The van der Waals surface area contributed by atoms with Gasteiger partial charge in [-0.15, -0.1) is 0 Å². The van der Waals surface area contributed by atoms with Crippen molar-refractivity contribution in [2.45, 2.75) is 39.0 Å². The number of furan rings is 1. The number of nitrogen functional groups attached to an aromatic ring is 1. The summed E-state index contributed by atoms with van der Waals surface area (Å²) in [6, 6.07) is 11.0. The average Bonchev–Trinajstić information content (AvgIpc) is 3.38. The van der Waals surface area contributed by atoms with Gasteiger partial charge in [0.2, 0.25) is 0 Å². The van der Waals surface area contributed by atoms with Crippen LogP contribution in [0.4, 0.5) is 5.82 Å². The zero-order valence-corrected chi connectivity index (χ0v) is 17.5. The summed E-state index contributed by atoms with van der Waals surface area (Å²) >= 11 is 0. The first-order valence-electron chi connectivity index (χ1n) is 10.6. The fourth-order valence-corrected chi connectivity index (χ4v) is 3.49. The van der Waals surface area contributed by atoms with E-state index < -0.39 is 0 Å². The van der Waals surface area contributed by atoms with E-state index in [2.05, 4.69) is 27.3 Å². The second kappa shape index (κ2) is 9.42. The number of unbranched alkanes of at least 4 members (excludes halogenated alkanes) is 4. The van der Waals surface area contributed by atoms with E-state index in [9.17, 15) is 4.79 Å². The fraction of sp³-hybridized carbons (Fsp3) is 0.304. The van der Waals surface area contributed by atoms with Crippen molar-refractivity contribution in [3.63, 3.8) is 0 Å². The van der Waals surface area contributed by atoms with Gasteiger partial charge < -0.3 is 15.5 Å². The lowest BCUT2D eigenvalue weighted by Gasteiger charge is -2.05. The molecule has 3 aromatic heterocycles. The van der Waals surface area contributed by atoms with Crippen molar-refractivity contribution in [3.05, 3.63) is 54.0 Å². The third kappa shape index (κ3) is 4.42. The van der Waals surface area contributed by atoms with Gasteiger partial charge in [0, 0.05) is 6.54 Å². The van der Waals surface area contributed by atoms with Crippen molar-refractivity contribution in [1.82, 2.24) is 20.0 Å². The number of nitrogens with two attached hydrogens (primary N) is 1. The average molecular weight is 419 g/mol. The molecule has 0 radical (unpaired) electrons. The monoisotopic (exact) mass is 418 g/mol. The number of benzene rings is 1. The zero-order valence-electron chi connectivity index (χ0n) is 17.5. The molecule has 0 saturated heterocycles. The van der Waals surface area contributed by atoms with Crippen LogP contribution in [-0.2, 0) is 0 Å². The molecule has 0 aliphatic heterocycles. The number of hydrogen-bond donors (Lipinski definition) is 2. The predicted octanol–water partition coefficient (Wildman–Crippen LogP) is 4.34. The number of amides is 1. The number of para-hydroxylation sites is 2. The Labute approximate surface area is 180 Å². The number of carbonyl (C=O) groups is 1. The highest BCUT2D eigenvalue weighted by Crippen LogP contribution is 2.27. The number of hydrogen-bond acceptors (Lipinski definition) is 6. The Morgan fingerprint density at radius 1 is 1.13 bits per heavy atom. The van der Waals surface area contributed by atoms with E-state index >= 15 is 0 Å². The van der Waals surface area contributed by atoms with Gasteiger partial charge >= 0.3 is 0 Å². The lowest BCUT2D eigenvalue weighted by molar-refractivity contribution is 0.0955. The molecule has 8 nitrogen and oxygen atoms in total. The highest BCUT2D eigenvalue weighted by molar-refractivity contribution is 6.10. The first-order chi connectivity index (χ1) is 15.2. The van der Waals surface area contributed by atoms with Gasteiger partial charge in [-0.25, -0.2) is 9.97 Å². The van der Waals surface area contributed by atoms with Crippen LogP contribution in [0.25, 0.3) is 22.2 Å². The van der Waals surface area contributed by atoms with Crippen LogP contribution < -0.4 is 11.1 Å². The Kier molecular flexibility index (Phi) is 6.26. The molecule has 0 fully saturated rings. The summed E-state index contributed by atoms with van der Waals surface area (Å²) in [5, 5.41) is 7.38. The first-order valence-corrected chi connectivity index (χ1v) is 10.6. The molecule has 0 aliphatic rings. The van der Waals surface area contributed by atoms with Crippen LogP contribution in [0.1, 0.15) is 55.1 Å². The van der Waals surface area contributed by atoms with Gasteiger partial charge in [0.05, 0.1) is 23.5 Å². The van der Waals surface area contributed by atoms with Crippen LogP contribution in [0.5, 0.6) is 0 Å². The second-order valence-corrected chi connectivity index (χ2v) is 7.39. The summed E-state index contributed by atoms with van der Waals surface area (Å²) in [5.74, 6) is 0.485. The van der Waals surface area contributed by atoms with Gasteiger partial charge in [-0.1, -0.05) is 44.7 Å². The predicted molar refractivity (Wildman–Crippen MR) is 122 cm³/mol. The summed E-state index contributed by atoms with van der Waals surface area (Å²) in [4.78, 5) is 22.3. The quantitative estimate of drug-likeness (QED) is 0.310. The van der Waals surface area contributed by atoms with Crippen LogP contribution in [0.3, 0.4) is 0 Å². The smallest absolute Gasteiger partial charge is 0.257 e. The molecule has 3 heterocycles. The van der Waals surface area contributed by atoms with Gasteiger partial charge in [-0.2, -0.15) is 9.78 Å². The van der Waals surface area contributed by atoms with E-state index in [-0.39, 0.29) is 11.7 Å². The van der Waals surface area contributed by atoms with E-state index in [1.807, 2.05) is 24.3 Å². The molecule has 0 spiro atoms. The topological polar surface area (TPSA) is 111 Å². The normalized spacial score (nSPS) is 11.6. The molecule has 4 rings (SSSR count). The van der Waals surface area contributed by atoms with E-state index in [1.165, 1.54) is 30.2 Å². The Morgan fingerprint density at radius 3 is 2.65 bits per heavy atom. The van der Waals surface area contributed by atoms with E-state index in [0.717, 1.165) is 12.8 Å². The minimum Gasteiger partial charge on any atom is -0.463 e. The molecule has 8 heteroatoms. The molecule has 31 heavy (non-hydrogen) atoms. The molecule has 160 valence electrons. The van der Waals surface area contributed by atoms with Crippen LogP contribution in [-0.4, -0.2) is 33.3 Å². The maximum atomic E-state index is 13.0. The number of fused-ring (bicyclic) bond motifs is 2. The lowest BCUT2D eigenvalue weighted by Crippen LogP contribution is -2.25. The molecule has 0 aliphatic carbocycles. The SMILES string of the molecule is CCCCCCCNC(=O)c1c(N)n(N=Cc2ccco2)c2nc3ccccc3nc12. The van der Waals surface area contributed by atoms with E-state index in [1.54, 1.807) is 18.4 Å². The molecule has 0 unspecified atom stereocenters. The minimum absolute atomic E-state index is 0.191. The number of rotatable bonds is 9. The van der Waals surface area contributed by atoms with Crippen molar-refractivity contribution in [3.8, 4) is 0 Å². The number of anilines is 1. The minimum atomic E-state index is -0.269. The van der Waals surface area contributed by atoms with Gasteiger partial charge in [-0.05, 0) is 30.7 Å². The van der Waals surface area contributed by atoms with E-state index in [4.69, 9.17) is 10.2 Å². The summed E-state index contributed by atoms with van der Waals surface area (Å²) in [5.41, 5.74) is 8.90. The first kappa shape index (κ1) is 20.6. The Morgan fingerprint density at radius 2 is 1.90 bits per heavy atom. The lowest BCUT2D eigenvalue weighted by atomic mass is 10.1. The van der Waals surface area contributed by atoms with Crippen LogP contribution in [0, 0.1) is 0 Å². The van der Waals surface area contributed by atoms with Gasteiger partial charge in [-0.3, -0.25) is 4.79 Å². The molecule has 1 aromatic carbocycles. The molecule has 0 bridgehead atoms. The summed E-state index contributed by atoms with van der Waals surface area (Å²) in [6.07, 6.45) is 8.68. The van der Waals surface area contributed by atoms with E-state index in [0.29, 0.717) is 40.1 Å².